The molecule has 1 saturated heterocycles. The highest BCUT2D eigenvalue weighted by Crippen LogP contribution is 2.31. The Morgan fingerprint density at radius 3 is 2.81 bits per heavy atom. The predicted octanol–water partition coefficient (Wildman–Crippen LogP) is 1.70. The van der Waals surface area contributed by atoms with Gasteiger partial charge < -0.3 is 9.64 Å². The van der Waals surface area contributed by atoms with E-state index in [1.165, 1.54) is 16.6 Å². The fourth-order valence-corrected chi connectivity index (χ4v) is 5.12. The standard InChI is InChI=1S/C17H21FN4O3S/c1-13-12-20(8-9-21(13)15-6-3-2-5-14(15)18)26(23,24)16-11-19-22-7-4-10-25-17(16)22/h2-3,5-6,11,13H,4,7-10,12H2,1H3. The predicted molar refractivity (Wildman–Crippen MR) is 94.3 cm³/mol. The molecule has 0 saturated carbocycles. The number of para-hydroxylation sites is 1. The molecule has 0 spiro atoms. The maximum atomic E-state index is 14.1. The van der Waals surface area contributed by atoms with E-state index in [-0.39, 0.29) is 29.8 Å². The number of aromatic nitrogens is 2. The Bertz CT molecular complexity index is 914. The van der Waals surface area contributed by atoms with Gasteiger partial charge in [-0.3, -0.25) is 0 Å². The third kappa shape index (κ3) is 2.84. The van der Waals surface area contributed by atoms with E-state index in [0.717, 1.165) is 6.42 Å². The minimum atomic E-state index is -3.70. The van der Waals surface area contributed by atoms with E-state index in [9.17, 15) is 12.8 Å². The van der Waals surface area contributed by atoms with E-state index in [1.807, 2.05) is 11.8 Å². The van der Waals surface area contributed by atoms with Gasteiger partial charge in [-0.1, -0.05) is 12.1 Å². The average Bonchev–Trinajstić information content (AvgIpc) is 3.07. The zero-order valence-electron chi connectivity index (χ0n) is 14.5. The van der Waals surface area contributed by atoms with Gasteiger partial charge in [-0.05, 0) is 19.1 Å². The van der Waals surface area contributed by atoms with Gasteiger partial charge in [0.1, 0.15) is 5.82 Å². The molecule has 2 aromatic rings. The van der Waals surface area contributed by atoms with Gasteiger partial charge in [-0.2, -0.15) is 9.40 Å². The number of nitrogens with zero attached hydrogens (tertiary/aromatic N) is 4. The summed E-state index contributed by atoms with van der Waals surface area (Å²) in [5.74, 6) is 0.0233. The highest BCUT2D eigenvalue weighted by Gasteiger charge is 2.36. The van der Waals surface area contributed by atoms with Crippen LogP contribution in [0, 0.1) is 5.82 Å². The number of aryl methyl sites for hydroxylation is 1. The van der Waals surface area contributed by atoms with E-state index in [0.29, 0.717) is 31.3 Å². The summed E-state index contributed by atoms with van der Waals surface area (Å²) in [6.45, 7) is 4.03. The van der Waals surface area contributed by atoms with Crippen LogP contribution in [0.2, 0.25) is 0 Å². The molecule has 4 rings (SSSR count). The summed E-state index contributed by atoms with van der Waals surface area (Å²) in [7, 11) is -3.70. The number of fused-ring (bicyclic) bond motifs is 1. The van der Waals surface area contributed by atoms with E-state index in [2.05, 4.69) is 5.10 Å². The first-order valence-electron chi connectivity index (χ1n) is 8.68. The van der Waals surface area contributed by atoms with Crippen molar-refractivity contribution in [1.29, 1.82) is 0 Å². The van der Waals surface area contributed by atoms with Crippen LogP contribution in [0.1, 0.15) is 13.3 Å². The fourth-order valence-electron chi connectivity index (χ4n) is 3.55. The zero-order chi connectivity index (χ0) is 18.3. The Hall–Kier alpha value is -2.13. The van der Waals surface area contributed by atoms with Crippen LogP contribution in [0.3, 0.4) is 0 Å². The molecule has 0 amide bonds. The van der Waals surface area contributed by atoms with Gasteiger partial charge in [-0.15, -0.1) is 0 Å². The highest BCUT2D eigenvalue weighted by atomic mass is 32.2. The van der Waals surface area contributed by atoms with Crippen molar-refractivity contribution in [3.63, 3.8) is 0 Å². The average molecular weight is 380 g/mol. The number of hydrogen-bond donors (Lipinski definition) is 0. The molecule has 1 unspecified atom stereocenters. The van der Waals surface area contributed by atoms with Crippen molar-refractivity contribution in [2.75, 3.05) is 31.1 Å². The number of rotatable bonds is 3. The summed E-state index contributed by atoms with van der Waals surface area (Å²) in [5.41, 5.74) is 0.503. The van der Waals surface area contributed by atoms with E-state index in [4.69, 9.17) is 4.74 Å². The zero-order valence-corrected chi connectivity index (χ0v) is 15.3. The van der Waals surface area contributed by atoms with Gasteiger partial charge >= 0.3 is 0 Å². The van der Waals surface area contributed by atoms with Gasteiger partial charge in [-0.25, -0.2) is 17.5 Å². The molecule has 1 atom stereocenters. The summed E-state index contributed by atoms with van der Waals surface area (Å²) in [5, 5.41) is 4.14. The molecule has 0 N–H and O–H groups in total. The molecule has 3 heterocycles. The first kappa shape index (κ1) is 17.3. The Morgan fingerprint density at radius 1 is 1.23 bits per heavy atom. The molecule has 2 aliphatic rings. The molecular weight excluding hydrogens is 359 g/mol. The number of ether oxygens (including phenoxy) is 1. The molecule has 140 valence electrons. The van der Waals surface area contributed by atoms with Crippen molar-refractivity contribution in [1.82, 2.24) is 14.1 Å². The maximum absolute atomic E-state index is 14.1. The summed E-state index contributed by atoms with van der Waals surface area (Å²) in [4.78, 5) is 2.02. The van der Waals surface area contributed by atoms with E-state index < -0.39 is 10.0 Å². The number of benzene rings is 1. The second kappa shape index (κ2) is 6.55. The third-order valence-corrected chi connectivity index (χ3v) is 6.73. The number of anilines is 1. The molecule has 26 heavy (non-hydrogen) atoms. The van der Waals surface area contributed by atoms with Crippen LogP contribution in [-0.4, -0.2) is 54.8 Å². The van der Waals surface area contributed by atoms with Gasteiger partial charge in [0.15, 0.2) is 4.90 Å². The van der Waals surface area contributed by atoms with Crippen LogP contribution < -0.4 is 9.64 Å². The Balaban J connectivity index is 1.57. The molecular formula is C17H21FN4O3S. The maximum Gasteiger partial charge on any atom is 0.250 e. The van der Waals surface area contributed by atoms with Crippen LogP contribution >= 0.6 is 0 Å². The first-order valence-corrected chi connectivity index (χ1v) is 10.1. The summed E-state index contributed by atoms with van der Waals surface area (Å²) < 4.78 is 48.8. The Kier molecular flexibility index (Phi) is 4.36. The quantitative estimate of drug-likeness (QED) is 0.811. The number of hydrogen-bond acceptors (Lipinski definition) is 5. The molecule has 2 aliphatic heterocycles. The van der Waals surface area contributed by atoms with Crippen LogP contribution in [0.5, 0.6) is 5.88 Å². The van der Waals surface area contributed by atoms with Crippen LogP contribution in [0.25, 0.3) is 0 Å². The van der Waals surface area contributed by atoms with Crippen LogP contribution in [0.15, 0.2) is 35.4 Å². The van der Waals surface area contributed by atoms with Crippen molar-refractivity contribution in [3.05, 3.63) is 36.3 Å². The minimum absolute atomic E-state index is 0.115. The van der Waals surface area contributed by atoms with Gasteiger partial charge in [0.05, 0.1) is 18.5 Å². The lowest BCUT2D eigenvalue weighted by Gasteiger charge is -2.40. The summed E-state index contributed by atoms with van der Waals surface area (Å²) in [6.07, 6.45) is 2.18. The van der Waals surface area contributed by atoms with Gasteiger partial charge in [0.2, 0.25) is 15.9 Å². The van der Waals surface area contributed by atoms with E-state index >= 15 is 0 Å². The van der Waals surface area contributed by atoms with Crippen molar-refractivity contribution in [2.24, 2.45) is 0 Å². The van der Waals surface area contributed by atoms with Crippen LogP contribution in [0.4, 0.5) is 10.1 Å². The topological polar surface area (TPSA) is 67.7 Å². The van der Waals surface area contributed by atoms with Gasteiger partial charge in [0, 0.05) is 38.6 Å². The lowest BCUT2D eigenvalue weighted by atomic mass is 10.1. The van der Waals surface area contributed by atoms with Crippen LogP contribution in [-0.2, 0) is 16.6 Å². The molecule has 1 aromatic heterocycles. The Labute approximate surface area is 152 Å². The smallest absolute Gasteiger partial charge is 0.250 e. The molecule has 0 bridgehead atoms. The van der Waals surface area contributed by atoms with Crippen molar-refractivity contribution >= 4 is 15.7 Å². The van der Waals surface area contributed by atoms with Crippen molar-refractivity contribution < 1.29 is 17.5 Å². The second-order valence-electron chi connectivity index (χ2n) is 6.60. The molecule has 0 radical (unpaired) electrons. The van der Waals surface area contributed by atoms with E-state index in [1.54, 1.807) is 22.9 Å². The Morgan fingerprint density at radius 2 is 2.04 bits per heavy atom. The SMILES string of the molecule is CC1CN(S(=O)(=O)c2cnn3c2OCCC3)CCN1c1ccccc1F. The van der Waals surface area contributed by atoms with Crippen molar-refractivity contribution in [3.8, 4) is 5.88 Å². The molecule has 7 nitrogen and oxygen atoms in total. The highest BCUT2D eigenvalue weighted by molar-refractivity contribution is 7.89. The molecule has 1 fully saturated rings. The summed E-state index contributed by atoms with van der Waals surface area (Å²) >= 11 is 0. The monoisotopic (exact) mass is 380 g/mol. The van der Waals surface area contributed by atoms with Crippen molar-refractivity contribution in [2.45, 2.75) is 30.8 Å². The molecule has 9 heteroatoms. The third-order valence-electron chi connectivity index (χ3n) is 4.88. The normalized spacial score (nSPS) is 21.3. The molecule has 1 aromatic carbocycles. The minimum Gasteiger partial charge on any atom is -0.477 e. The lowest BCUT2D eigenvalue weighted by molar-refractivity contribution is 0.223. The molecule has 0 aliphatic carbocycles. The fraction of sp³-hybridized carbons (Fsp3) is 0.471. The largest absolute Gasteiger partial charge is 0.477 e. The second-order valence-corrected chi connectivity index (χ2v) is 8.50. The lowest BCUT2D eigenvalue weighted by Crippen LogP contribution is -2.53. The number of piperazine rings is 1. The number of sulfonamides is 1. The number of halogens is 1. The summed E-state index contributed by atoms with van der Waals surface area (Å²) in [6, 6.07) is 6.42. The van der Waals surface area contributed by atoms with Gasteiger partial charge in [0.25, 0.3) is 0 Å². The first-order chi connectivity index (χ1) is 12.5.